The molecule has 2 aromatic rings. The van der Waals surface area contributed by atoms with E-state index in [9.17, 15) is 9.59 Å². The number of aromatic amines is 1. The average molecular weight is 417 g/mol. The third kappa shape index (κ3) is 4.53. The molecule has 2 unspecified atom stereocenters. The van der Waals surface area contributed by atoms with Gasteiger partial charge in [-0.15, -0.1) is 11.3 Å². The van der Waals surface area contributed by atoms with Crippen molar-refractivity contribution >= 4 is 23.2 Å². The molecule has 0 radical (unpaired) electrons. The molecular weight excluding hydrogens is 388 g/mol. The second-order valence-corrected chi connectivity index (χ2v) is 8.94. The molecule has 0 aliphatic carbocycles. The largest absolute Gasteiger partial charge is 0.378 e. The summed E-state index contributed by atoms with van der Waals surface area (Å²) in [7, 11) is 0. The Hall–Kier alpha value is -2.19. The Labute approximate surface area is 175 Å². The molecule has 4 rings (SSSR count). The first kappa shape index (κ1) is 20.1. The lowest BCUT2D eigenvalue weighted by Crippen LogP contribution is -2.43. The van der Waals surface area contributed by atoms with Crippen molar-refractivity contribution in [3.63, 3.8) is 0 Å². The van der Waals surface area contributed by atoms with Crippen LogP contribution >= 0.6 is 11.3 Å². The molecule has 1 N–H and O–H groups in total. The summed E-state index contributed by atoms with van der Waals surface area (Å²) >= 11 is 1.70. The van der Waals surface area contributed by atoms with Crippen molar-refractivity contribution in [2.24, 2.45) is 5.92 Å². The number of likely N-dealkylation sites (tertiary alicyclic amines) is 1. The van der Waals surface area contributed by atoms with Crippen molar-refractivity contribution in [2.75, 3.05) is 39.4 Å². The zero-order valence-electron chi connectivity index (χ0n) is 16.8. The number of amides is 2. The zero-order valence-corrected chi connectivity index (χ0v) is 17.6. The Balaban J connectivity index is 1.43. The summed E-state index contributed by atoms with van der Waals surface area (Å²) in [5.74, 6) is 0.281. The van der Waals surface area contributed by atoms with Gasteiger partial charge in [0.05, 0.1) is 30.7 Å². The number of rotatable bonds is 5. The van der Waals surface area contributed by atoms with Crippen LogP contribution in [0.4, 0.5) is 0 Å². The maximum Gasteiger partial charge on any atom is 0.257 e. The molecule has 2 saturated heterocycles. The van der Waals surface area contributed by atoms with Gasteiger partial charge >= 0.3 is 0 Å². The molecule has 2 aliphatic rings. The van der Waals surface area contributed by atoms with E-state index in [0.717, 1.165) is 31.5 Å². The fraction of sp³-hybridized carbons (Fsp3) is 0.571. The SMILES string of the molecule is CC(Cc1cccs1)C(=O)N1CCCC(c2[nH]ncc2C(=O)N2CCOCC2)C1. The molecule has 0 bridgehead atoms. The second-order valence-electron chi connectivity index (χ2n) is 7.91. The quantitative estimate of drug-likeness (QED) is 0.812. The Bertz CT molecular complexity index is 829. The number of nitrogens with one attached hydrogen (secondary N) is 1. The molecule has 0 aromatic carbocycles. The summed E-state index contributed by atoms with van der Waals surface area (Å²) in [4.78, 5) is 31.0. The zero-order chi connectivity index (χ0) is 20.2. The van der Waals surface area contributed by atoms with Crippen molar-refractivity contribution in [2.45, 2.75) is 32.1 Å². The maximum atomic E-state index is 13.0. The number of carbonyl (C=O) groups excluding carboxylic acids is 2. The lowest BCUT2D eigenvalue weighted by Gasteiger charge is -2.34. The smallest absolute Gasteiger partial charge is 0.257 e. The highest BCUT2D eigenvalue weighted by molar-refractivity contribution is 7.09. The van der Waals surface area contributed by atoms with E-state index in [1.807, 2.05) is 22.8 Å². The van der Waals surface area contributed by atoms with Gasteiger partial charge in [0.2, 0.25) is 5.91 Å². The van der Waals surface area contributed by atoms with Crippen LogP contribution in [0.2, 0.25) is 0 Å². The number of hydrogen-bond acceptors (Lipinski definition) is 5. The Kier molecular flexibility index (Phi) is 6.30. The average Bonchev–Trinajstić information content (AvgIpc) is 3.45. The molecule has 29 heavy (non-hydrogen) atoms. The van der Waals surface area contributed by atoms with E-state index in [0.29, 0.717) is 38.4 Å². The van der Waals surface area contributed by atoms with E-state index in [1.54, 1.807) is 17.5 Å². The number of morpholine rings is 1. The number of nitrogens with zero attached hydrogens (tertiary/aromatic N) is 3. The number of H-pyrrole nitrogens is 1. The molecule has 0 saturated carbocycles. The topological polar surface area (TPSA) is 78.5 Å². The van der Waals surface area contributed by atoms with Crippen molar-refractivity contribution in [3.05, 3.63) is 39.8 Å². The third-order valence-corrected chi connectivity index (χ3v) is 6.75. The Morgan fingerprint density at radius 2 is 2.14 bits per heavy atom. The number of carbonyl (C=O) groups is 2. The molecule has 0 spiro atoms. The van der Waals surface area contributed by atoms with Crippen LogP contribution < -0.4 is 0 Å². The van der Waals surface area contributed by atoms with E-state index in [4.69, 9.17) is 4.74 Å². The van der Waals surface area contributed by atoms with Crippen LogP contribution in [-0.4, -0.2) is 71.2 Å². The van der Waals surface area contributed by atoms with Crippen molar-refractivity contribution < 1.29 is 14.3 Å². The van der Waals surface area contributed by atoms with Crippen LogP contribution in [0.15, 0.2) is 23.7 Å². The number of hydrogen-bond donors (Lipinski definition) is 1. The minimum absolute atomic E-state index is 0.00608. The summed E-state index contributed by atoms with van der Waals surface area (Å²) < 4.78 is 5.35. The summed E-state index contributed by atoms with van der Waals surface area (Å²) in [5.41, 5.74) is 1.50. The van der Waals surface area contributed by atoms with E-state index in [2.05, 4.69) is 21.6 Å². The molecule has 7 nitrogen and oxygen atoms in total. The predicted molar refractivity (Wildman–Crippen MR) is 111 cm³/mol. The summed E-state index contributed by atoms with van der Waals surface area (Å²) in [6.07, 6.45) is 4.30. The molecule has 2 aliphatic heterocycles. The first-order valence-corrected chi connectivity index (χ1v) is 11.2. The number of ether oxygens (including phenoxy) is 1. The second kappa shape index (κ2) is 9.09. The number of thiophene rings is 1. The first-order chi connectivity index (χ1) is 14.1. The normalized spacial score (nSPS) is 21.2. The maximum absolute atomic E-state index is 13.0. The lowest BCUT2D eigenvalue weighted by molar-refractivity contribution is -0.136. The Morgan fingerprint density at radius 3 is 2.90 bits per heavy atom. The van der Waals surface area contributed by atoms with Crippen LogP contribution in [-0.2, 0) is 16.0 Å². The summed E-state index contributed by atoms with van der Waals surface area (Å²) in [6.45, 7) is 5.80. The van der Waals surface area contributed by atoms with E-state index in [1.165, 1.54) is 4.88 Å². The standard InChI is InChI=1S/C21H28N4O3S/c1-15(12-17-5-3-11-29-17)20(26)25-6-2-4-16(14-25)19-18(13-22-23-19)21(27)24-7-9-28-10-8-24/h3,5,11,13,15-16H,2,4,6-10,12,14H2,1H3,(H,22,23). The van der Waals surface area contributed by atoms with Gasteiger partial charge in [0.25, 0.3) is 5.91 Å². The van der Waals surface area contributed by atoms with E-state index >= 15 is 0 Å². The number of aromatic nitrogens is 2. The fourth-order valence-corrected chi connectivity index (χ4v) is 5.09. The molecule has 4 heterocycles. The molecule has 2 amide bonds. The van der Waals surface area contributed by atoms with Crippen molar-refractivity contribution in [1.29, 1.82) is 0 Å². The van der Waals surface area contributed by atoms with E-state index in [-0.39, 0.29) is 23.7 Å². The minimum atomic E-state index is -0.0383. The molecule has 2 aromatic heterocycles. The third-order valence-electron chi connectivity index (χ3n) is 5.85. The highest BCUT2D eigenvalue weighted by atomic mass is 32.1. The van der Waals surface area contributed by atoms with Gasteiger partial charge in [-0.2, -0.15) is 5.10 Å². The highest BCUT2D eigenvalue weighted by Crippen LogP contribution is 2.30. The monoisotopic (exact) mass is 416 g/mol. The molecule has 156 valence electrons. The fourth-order valence-electron chi connectivity index (χ4n) is 4.26. The summed E-state index contributed by atoms with van der Waals surface area (Å²) in [5, 5.41) is 9.27. The van der Waals surface area contributed by atoms with Gasteiger partial charge in [-0.05, 0) is 30.7 Å². The van der Waals surface area contributed by atoms with Crippen LogP contribution in [0.3, 0.4) is 0 Å². The lowest BCUT2D eigenvalue weighted by atomic mass is 9.91. The van der Waals surface area contributed by atoms with E-state index < -0.39 is 0 Å². The van der Waals surface area contributed by atoms with Crippen LogP contribution in [0.25, 0.3) is 0 Å². The van der Waals surface area contributed by atoms with Gasteiger partial charge < -0.3 is 14.5 Å². The van der Waals surface area contributed by atoms with Crippen LogP contribution in [0.5, 0.6) is 0 Å². The Morgan fingerprint density at radius 1 is 1.31 bits per heavy atom. The van der Waals surface area contributed by atoms with Crippen LogP contribution in [0.1, 0.15) is 46.6 Å². The van der Waals surface area contributed by atoms with Crippen LogP contribution in [0, 0.1) is 5.92 Å². The van der Waals surface area contributed by atoms with Crippen molar-refractivity contribution in [1.82, 2.24) is 20.0 Å². The molecule has 2 fully saturated rings. The van der Waals surface area contributed by atoms with Gasteiger partial charge in [-0.1, -0.05) is 13.0 Å². The molecular formula is C21H28N4O3S. The van der Waals surface area contributed by atoms with Gasteiger partial charge in [0.1, 0.15) is 0 Å². The molecule has 8 heteroatoms. The molecule has 2 atom stereocenters. The predicted octanol–water partition coefficient (Wildman–Crippen LogP) is 2.53. The first-order valence-electron chi connectivity index (χ1n) is 10.3. The van der Waals surface area contributed by atoms with Gasteiger partial charge in [0.15, 0.2) is 0 Å². The van der Waals surface area contributed by atoms with Gasteiger partial charge in [-0.25, -0.2) is 0 Å². The minimum Gasteiger partial charge on any atom is -0.378 e. The van der Waals surface area contributed by atoms with Gasteiger partial charge in [0, 0.05) is 42.9 Å². The number of piperidine rings is 1. The highest BCUT2D eigenvalue weighted by Gasteiger charge is 2.32. The summed E-state index contributed by atoms with van der Waals surface area (Å²) in [6, 6.07) is 4.11. The van der Waals surface area contributed by atoms with Crippen molar-refractivity contribution in [3.8, 4) is 0 Å². The van der Waals surface area contributed by atoms with Gasteiger partial charge in [-0.3, -0.25) is 14.7 Å².